The molecular weight excluding hydrogens is 371 g/mol. The van der Waals surface area contributed by atoms with Gasteiger partial charge in [-0.3, -0.25) is 9.59 Å². The van der Waals surface area contributed by atoms with Crippen molar-refractivity contribution < 1.29 is 18.7 Å². The van der Waals surface area contributed by atoms with Gasteiger partial charge in [0.2, 0.25) is 5.91 Å². The first-order valence-electron chi connectivity index (χ1n) is 9.75. The summed E-state index contributed by atoms with van der Waals surface area (Å²) >= 11 is 0. The maximum absolute atomic E-state index is 13.2. The van der Waals surface area contributed by atoms with E-state index in [-0.39, 0.29) is 30.8 Å². The van der Waals surface area contributed by atoms with Crippen LogP contribution >= 0.6 is 0 Å². The van der Waals surface area contributed by atoms with E-state index in [1.54, 1.807) is 19.1 Å². The first kappa shape index (κ1) is 22.4. The highest BCUT2D eigenvalue weighted by atomic mass is 19.1. The molecule has 0 fully saturated rings. The number of ether oxygens (including phenoxy) is 1. The van der Waals surface area contributed by atoms with Crippen molar-refractivity contribution in [2.45, 2.75) is 47.2 Å². The third-order valence-corrected chi connectivity index (χ3v) is 4.90. The number of likely N-dealkylation sites (N-methyl/N-ethyl adjacent to an activating group) is 1. The van der Waals surface area contributed by atoms with Gasteiger partial charge in [0.25, 0.3) is 5.91 Å². The van der Waals surface area contributed by atoms with Crippen LogP contribution in [0.5, 0.6) is 5.75 Å². The molecule has 2 amide bonds. The number of halogens is 1. The average Bonchev–Trinajstić information content (AvgIpc) is 2.68. The predicted molar refractivity (Wildman–Crippen MR) is 111 cm³/mol. The van der Waals surface area contributed by atoms with Crippen LogP contribution in [0, 0.1) is 26.6 Å². The van der Waals surface area contributed by atoms with Crippen LogP contribution in [-0.4, -0.2) is 35.9 Å². The summed E-state index contributed by atoms with van der Waals surface area (Å²) in [5, 5.41) is 2.74. The molecule has 156 valence electrons. The molecule has 0 saturated heterocycles. The lowest BCUT2D eigenvalue weighted by Gasteiger charge is -2.28. The van der Waals surface area contributed by atoms with Crippen molar-refractivity contribution in [2.24, 2.45) is 0 Å². The topological polar surface area (TPSA) is 58.6 Å². The maximum Gasteiger partial charge on any atom is 0.261 e. The fourth-order valence-electron chi connectivity index (χ4n) is 3.06. The van der Waals surface area contributed by atoms with Crippen molar-refractivity contribution in [2.75, 3.05) is 13.2 Å². The van der Waals surface area contributed by atoms with Gasteiger partial charge in [-0.2, -0.15) is 0 Å². The highest BCUT2D eigenvalue weighted by molar-refractivity contribution is 5.87. The fourth-order valence-corrected chi connectivity index (χ4v) is 3.06. The molecule has 5 nitrogen and oxygen atoms in total. The molecule has 0 aliphatic carbocycles. The number of amides is 2. The lowest BCUT2D eigenvalue weighted by molar-refractivity contribution is -0.142. The highest BCUT2D eigenvalue weighted by Gasteiger charge is 2.26. The van der Waals surface area contributed by atoms with Crippen LogP contribution < -0.4 is 10.1 Å². The number of rotatable bonds is 8. The molecule has 29 heavy (non-hydrogen) atoms. The van der Waals surface area contributed by atoms with Crippen LogP contribution in [0.2, 0.25) is 0 Å². The normalized spacial score (nSPS) is 11.7. The van der Waals surface area contributed by atoms with E-state index in [0.29, 0.717) is 12.3 Å². The van der Waals surface area contributed by atoms with Crippen molar-refractivity contribution in [3.63, 3.8) is 0 Å². The lowest BCUT2D eigenvalue weighted by atomic mass is 10.1. The number of nitrogens with zero attached hydrogens (tertiary/aromatic N) is 1. The minimum absolute atomic E-state index is 0.186. The van der Waals surface area contributed by atoms with Crippen molar-refractivity contribution in [1.82, 2.24) is 10.2 Å². The SMILES string of the molecule is CCNC(=O)[C@H](C)N(Cc1ccc(F)cc1)C(=O)COc1cc(C)cc(C)c1C. The van der Waals surface area contributed by atoms with Gasteiger partial charge in [-0.25, -0.2) is 4.39 Å². The zero-order valence-corrected chi connectivity index (χ0v) is 17.7. The second-order valence-electron chi connectivity index (χ2n) is 7.21. The number of hydrogen-bond acceptors (Lipinski definition) is 3. The van der Waals surface area contributed by atoms with E-state index in [1.807, 2.05) is 33.8 Å². The Bertz CT molecular complexity index is 865. The van der Waals surface area contributed by atoms with E-state index < -0.39 is 6.04 Å². The molecule has 6 heteroatoms. The highest BCUT2D eigenvalue weighted by Crippen LogP contribution is 2.23. The van der Waals surface area contributed by atoms with Crippen LogP contribution in [0.1, 0.15) is 36.1 Å². The molecule has 0 saturated carbocycles. The molecule has 0 bridgehead atoms. The molecule has 1 N–H and O–H groups in total. The summed E-state index contributed by atoms with van der Waals surface area (Å²) < 4.78 is 19.0. The third-order valence-electron chi connectivity index (χ3n) is 4.90. The van der Waals surface area contributed by atoms with E-state index in [0.717, 1.165) is 22.3 Å². The fraction of sp³-hybridized carbons (Fsp3) is 0.391. The second-order valence-corrected chi connectivity index (χ2v) is 7.21. The van der Waals surface area contributed by atoms with E-state index in [1.165, 1.54) is 17.0 Å². The lowest BCUT2D eigenvalue weighted by Crippen LogP contribution is -2.49. The number of aryl methyl sites for hydroxylation is 2. The molecule has 2 aromatic rings. The van der Waals surface area contributed by atoms with E-state index in [2.05, 4.69) is 11.4 Å². The number of hydrogen-bond donors (Lipinski definition) is 1. The minimum atomic E-state index is -0.684. The Morgan fingerprint density at radius 3 is 2.41 bits per heavy atom. The maximum atomic E-state index is 13.2. The van der Waals surface area contributed by atoms with Crippen molar-refractivity contribution in [3.05, 3.63) is 64.5 Å². The summed E-state index contributed by atoms with van der Waals surface area (Å²) in [7, 11) is 0. The zero-order valence-electron chi connectivity index (χ0n) is 17.7. The predicted octanol–water partition coefficient (Wildman–Crippen LogP) is 3.68. The average molecular weight is 400 g/mol. The quantitative estimate of drug-likeness (QED) is 0.735. The smallest absolute Gasteiger partial charge is 0.261 e. The molecule has 0 radical (unpaired) electrons. The molecule has 2 rings (SSSR count). The van der Waals surface area contributed by atoms with Gasteiger partial charge in [0.1, 0.15) is 17.6 Å². The third kappa shape index (κ3) is 6.04. The van der Waals surface area contributed by atoms with Crippen molar-refractivity contribution in [1.29, 1.82) is 0 Å². The molecule has 0 aliphatic heterocycles. The Kier molecular flexibility index (Phi) is 7.76. The van der Waals surface area contributed by atoms with E-state index in [4.69, 9.17) is 4.74 Å². The van der Waals surface area contributed by atoms with Gasteiger partial charge in [-0.05, 0) is 75.1 Å². The van der Waals surface area contributed by atoms with E-state index >= 15 is 0 Å². The summed E-state index contributed by atoms with van der Waals surface area (Å²) in [6.07, 6.45) is 0. The van der Waals surface area contributed by atoms with Crippen LogP contribution in [0.4, 0.5) is 4.39 Å². The van der Waals surface area contributed by atoms with Gasteiger partial charge in [0.05, 0.1) is 0 Å². The number of benzene rings is 2. The Morgan fingerprint density at radius 1 is 1.14 bits per heavy atom. The minimum Gasteiger partial charge on any atom is -0.483 e. The molecule has 0 aromatic heterocycles. The van der Waals surface area contributed by atoms with Crippen molar-refractivity contribution >= 4 is 11.8 Å². The summed E-state index contributed by atoms with van der Waals surface area (Å²) in [4.78, 5) is 26.8. The number of nitrogens with one attached hydrogen (secondary N) is 1. The summed E-state index contributed by atoms with van der Waals surface area (Å²) in [5.74, 6) is -0.252. The summed E-state index contributed by atoms with van der Waals surface area (Å²) in [6.45, 7) is 9.88. The first-order valence-corrected chi connectivity index (χ1v) is 9.75. The van der Waals surface area contributed by atoms with E-state index in [9.17, 15) is 14.0 Å². The van der Waals surface area contributed by atoms with Crippen LogP contribution in [0.25, 0.3) is 0 Å². The van der Waals surface area contributed by atoms with Crippen LogP contribution in [0.3, 0.4) is 0 Å². The molecule has 2 aromatic carbocycles. The van der Waals surface area contributed by atoms with Gasteiger partial charge in [-0.1, -0.05) is 18.2 Å². The Labute approximate surface area is 171 Å². The molecule has 0 heterocycles. The van der Waals surface area contributed by atoms with Gasteiger partial charge < -0.3 is 15.0 Å². The number of carbonyl (C=O) groups excluding carboxylic acids is 2. The van der Waals surface area contributed by atoms with Crippen LogP contribution in [0.15, 0.2) is 36.4 Å². The molecule has 0 spiro atoms. The molecule has 1 atom stereocenters. The zero-order chi connectivity index (χ0) is 21.6. The van der Waals surface area contributed by atoms with Gasteiger partial charge >= 0.3 is 0 Å². The molecule has 0 aliphatic rings. The van der Waals surface area contributed by atoms with Gasteiger partial charge in [-0.15, -0.1) is 0 Å². The molecular formula is C23H29FN2O3. The standard InChI is InChI=1S/C23H29FN2O3/c1-6-25-23(28)18(5)26(13-19-7-9-20(24)10-8-19)22(27)14-29-21-12-15(2)11-16(3)17(21)4/h7-12,18H,6,13-14H2,1-5H3,(H,25,28)/t18-/m0/s1. The Morgan fingerprint density at radius 2 is 1.79 bits per heavy atom. The van der Waals surface area contributed by atoms with Crippen molar-refractivity contribution in [3.8, 4) is 5.75 Å². The largest absolute Gasteiger partial charge is 0.483 e. The Hall–Kier alpha value is -2.89. The summed E-state index contributed by atoms with van der Waals surface area (Å²) in [5.41, 5.74) is 3.85. The second kappa shape index (κ2) is 10.0. The first-order chi connectivity index (χ1) is 13.7. The van der Waals surface area contributed by atoms with Gasteiger partial charge in [0, 0.05) is 13.1 Å². The summed E-state index contributed by atoms with van der Waals surface area (Å²) in [6, 6.07) is 9.16. The molecule has 0 unspecified atom stereocenters. The van der Waals surface area contributed by atoms with Crippen LogP contribution in [-0.2, 0) is 16.1 Å². The van der Waals surface area contributed by atoms with Gasteiger partial charge in [0.15, 0.2) is 6.61 Å². The number of carbonyl (C=O) groups is 2. The monoisotopic (exact) mass is 400 g/mol. The Balaban J connectivity index is 2.19.